The van der Waals surface area contributed by atoms with Crippen molar-refractivity contribution in [3.05, 3.63) is 59.4 Å². The van der Waals surface area contributed by atoms with Gasteiger partial charge in [0.05, 0.1) is 0 Å². The maximum Gasteiger partial charge on any atom is 0.125 e. The van der Waals surface area contributed by atoms with Crippen LogP contribution < -0.4 is 4.90 Å². The quantitative estimate of drug-likeness (QED) is 0.736. The molecule has 2 aromatic rings. The molecule has 0 aliphatic heterocycles. The molecular formula is C15H15BrFN. The first-order valence-electron chi connectivity index (χ1n) is 5.76. The van der Waals surface area contributed by atoms with E-state index >= 15 is 0 Å². The lowest BCUT2D eigenvalue weighted by molar-refractivity contribution is 0.628. The Hall–Kier alpha value is -1.35. The molecular weight excluding hydrogens is 293 g/mol. The summed E-state index contributed by atoms with van der Waals surface area (Å²) in [6.07, 6.45) is 0. The summed E-state index contributed by atoms with van der Waals surface area (Å²) in [6.45, 7) is 2.08. The van der Waals surface area contributed by atoms with E-state index in [0.717, 1.165) is 16.7 Å². The molecule has 0 radical (unpaired) electrons. The van der Waals surface area contributed by atoms with Crippen LogP contribution in [0.2, 0.25) is 0 Å². The zero-order valence-corrected chi connectivity index (χ0v) is 12.0. The van der Waals surface area contributed by atoms with Crippen LogP contribution in [0.25, 0.3) is 0 Å². The van der Waals surface area contributed by atoms with Crippen molar-refractivity contribution in [3.8, 4) is 0 Å². The molecule has 0 amide bonds. The third-order valence-corrected chi connectivity index (χ3v) is 3.66. The fourth-order valence-electron chi connectivity index (χ4n) is 1.87. The molecule has 0 N–H and O–H groups in total. The predicted molar refractivity (Wildman–Crippen MR) is 78.3 cm³/mol. The smallest absolute Gasteiger partial charge is 0.125 e. The third kappa shape index (κ3) is 2.72. The van der Waals surface area contributed by atoms with E-state index in [4.69, 9.17) is 0 Å². The van der Waals surface area contributed by atoms with Gasteiger partial charge in [-0.15, -0.1) is 0 Å². The van der Waals surface area contributed by atoms with Gasteiger partial charge in [0.25, 0.3) is 0 Å². The summed E-state index contributed by atoms with van der Waals surface area (Å²) in [6, 6.07) is 12.9. The molecule has 1 nitrogen and oxygen atoms in total. The van der Waals surface area contributed by atoms with Gasteiger partial charge in [-0.3, -0.25) is 0 Å². The molecule has 0 unspecified atom stereocenters. The molecule has 0 saturated carbocycles. The Morgan fingerprint density at radius 1 is 1.11 bits per heavy atom. The maximum atomic E-state index is 13.2. The molecule has 0 atom stereocenters. The predicted octanol–water partition coefficient (Wildman–Crippen LogP) is 4.80. The number of nitrogens with zero attached hydrogens (tertiary/aromatic N) is 1. The highest BCUT2D eigenvalue weighted by Crippen LogP contribution is 2.26. The Labute approximate surface area is 115 Å². The van der Waals surface area contributed by atoms with Gasteiger partial charge in [0, 0.05) is 23.8 Å². The van der Waals surface area contributed by atoms with Gasteiger partial charge in [-0.2, -0.15) is 0 Å². The molecule has 0 spiro atoms. The summed E-state index contributed by atoms with van der Waals surface area (Å²) in [5, 5.41) is 0.850. The van der Waals surface area contributed by atoms with Gasteiger partial charge in [-0.05, 0) is 48.4 Å². The van der Waals surface area contributed by atoms with Crippen molar-refractivity contribution in [3.63, 3.8) is 0 Å². The lowest BCUT2D eigenvalue weighted by atomic mass is 10.1. The molecule has 2 aromatic carbocycles. The second-order valence-electron chi connectivity index (χ2n) is 4.28. The van der Waals surface area contributed by atoms with Gasteiger partial charge in [-0.25, -0.2) is 4.39 Å². The Morgan fingerprint density at radius 3 is 2.44 bits per heavy atom. The van der Waals surface area contributed by atoms with E-state index in [2.05, 4.69) is 41.1 Å². The molecule has 0 fully saturated rings. The fourth-order valence-corrected chi connectivity index (χ4v) is 2.50. The van der Waals surface area contributed by atoms with Crippen LogP contribution in [0.5, 0.6) is 0 Å². The molecule has 94 valence electrons. The van der Waals surface area contributed by atoms with E-state index in [0.29, 0.717) is 0 Å². The largest absolute Gasteiger partial charge is 0.345 e. The number of alkyl halides is 1. The first kappa shape index (κ1) is 13.1. The minimum absolute atomic E-state index is 0.215. The van der Waals surface area contributed by atoms with E-state index in [1.807, 2.05) is 18.0 Å². The van der Waals surface area contributed by atoms with Crippen LogP contribution in [0.1, 0.15) is 11.1 Å². The van der Waals surface area contributed by atoms with Crippen molar-refractivity contribution in [2.45, 2.75) is 12.3 Å². The second-order valence-corrected chi connectivity index (χ2v) is 4.84. The van der Waals surface area contributed by atoms with Crippen LogP contribution in [-0.4, -0.2) is 7.05 Å². The molecule has 3 heteroatoms. The molecule has 0 aromatic heterocycles. The number of aryl methyl sites for hydroxylation is 1. The Balaban J connectivity index is 2.34. The second kappa shape index (κ2) is 5.53. The van der Waals surface area contributed by atoms with Gasteiger partial charge in [0.2, 0.25) is 0 Å². The minimum atomic E-state index is -0.215. The standard InChI is InChI=1S/C15H15BrFN/c1-11-8-15(7-6-12(11)10-16)18(2)14-5-3-4-13(17)9-14/h3-9H,10H2,1-2H3. The highest BCUT2D eigenvalue weighted by Gasteiger charge is 2.06. The van der Waals surface area contributed by atoms with Crippen molar-refractivity contribution in [2.75, 3.05) is 11.9 Å². The molecule has 0 aliphatic rings. The molecule has 0 saturated heterocycles. The number of halogens is 2. The number of rotatable bonds is 3. The molecule has 0 heterocycles. The topological polar surface area (TPSA) is 3.24 Å². The molecule has 2 rings (SSSR count). The van der Waals surface area contributed by atoms with Crippen molar-refractivity contribution in [1.29, 1.82) is 0 Å². The number of hydrogen-bond acceptors (Lipinski definition) is 1. The van der Waals surface area contributed by atoms with Crippen LogP contribution in [0.15, 0.2) is 42.5 Å². The van der Waals surface area contributed by atoms with Crippen LogP contribution >= 0.6 is 15.9 Å². The van der Waals surface area contributed by atoms with Crippen molar-refractivity contribution < 1.29 is 4.39 Å². The van der Waals surface area contributed by atoms with E-state index < -0.39 is 0 Å². The van der Waals surface area contributed by atoms with E-state index in [1.54, 1.807) is 6.07 Å². The average Bonchev–Trinajstić information content (AvgIpc) is 2.37. The van der Waals surface area contributed by atoms with Gasteiger partial charge in [0.1, 0.15) is 5.82 Å². The van der Waals surface area contributed by atoms with Gasteiger partial charge in [-0.1, -0.05) is 28.1 Å². The van der Waals surface area contributed by atoms with Gasteiger partial charge in [0.15, 0.2) is 0 Å². The van der Waals surface area contributed by atoms with Crippen LogP contribution in [0.4, 0.5) is 15.8 Å². The fraction of sp³-hybridized carbons (Fsp3) is 0.200. The summed E-state index contributed by atoms with van der Waals surface area (Å²) < 4.78 is 13.2. The summed E-state index contributed by atoms with van der Waals surface area (Å²) in [5.74, 6) is -0.215. The molecule has 0 bridgehead atoms. The maximum absolute atomic E-state index is 13.2. The van der Waals surface area contributed by atoms with Crippen LogP contribution in [-0.2, 0) is 5.33 Å². The highest BCUT2D eigenvalue weighted by atomic mass is 79.9. The Morgan fingerprint density at radius 2 is 1.83 bits per heavy atom. The number of benzene rings is 2. The monoisotopic (exact) mass is 307 g/mol. The van der Waals surface area contributed by atoms with E-state index in [1.165, 1.54) is 23.3 Å². The van der Waals surface area contributed by atoms with E-state index in [-0.39, 0.29) is 5.82 Å². The third-order valence-electron chi connectivity index (χ3n) is 3.05. The summed E-state index contributed by atoms with van der Waals surface area (Å²) in [4.78, 5) is 1.98. The normalized spacial score (nSPS) is 10.4. The first-order valence-corrected chi connectivity index (χ1v) is 6.89. The van der Waals surface area contributed by atoms with Crippen molar-refractivity contribution in [2.24, 2.45) is 0 Å². The zero-order valence-electron chi connectivity index (χ0n) is 10.5. The lowest BCUT2D eigenvalue weighted by Crippen LogP contribution is -2.09. The zero-order chi connectivity index (χ0) is 13.1. The highest BCUT2D eigenvalue weighted by molar-refractivity contribution is 9.08. The summed E-state index contributed by atoms with van der Waals surface area (Å²) in [7, 11) is 1.94. The average molecular weight is 308 g/mol. The first-order chi connectivity index (χ1) is 8.61. The van der Waals surface area contributed by atoms with Crippen LogP contribution in [0.3, 0.4) is 0 Å². The van der Waals surface area contributed by atoms with Crippen molar-refractivity contribution >= 4 is 27.3 Å². The van der Waals surface area contributed by atoms with Gasteiger partial charge < -0.3 is 4.90 Å². The lowest BCUT2D eigenvalue weighted by Gasteiger charge is -2.20. The number of anilines is 2. The minimum Gasteiger partial charge on any atom is -0.345 e. The Kier molecular flexibility index (Phi) is 4.02. The SMILES string of the molecule is Cc1cc(N(C)c2cccc(F)c2)ccc1CBr. The van der Waals surface area contributed by atoms with E-state index in [9.17, 15) is 4.39 Å². The van der Waals surface area contributed by atoms with Crippen LogP contribution in [0, 0.1) is 12.7 Å². The summed E-state index contributed by atoms with van der Waals surface area (Å²) >= 11 is 3.46. The molecule has 18 heavy (non-hydrogen) atoms. The molecule has 0 aliphatic carbocycles. The summed E-state index contributed by atoms with van der Waals surface area (Å²) in [5.41, 5.74) is 4.41. The van der Waals surface area contributed by atoms with Crippen molar-refractivity contribution in [1.82, 2.24) is 0 Å². The number of hydrogen-bond donors (Lipinski definition) is 0. The van der Waals surface area contributed by atoms with Gasteiger partial charge >= 0.3 is 0 Å². The Bertz CT molecular complexity index is 554.